The molecule has 0 radical (unpaired) electrons. The molecule has 29 heavy (non-hydrogen) atoms. The summed E-state index contributed by atoms with van der Waals surface area (Å²) in [4.78, 5) is 12.7. The van der Waals surface area contributed by atoms with Crippen molar-refractivity contribution in [2.75, 3.05) is 6.54 Å². The standard InChI is InChI=1S/C25H43NO2S/c1-2-3-4-5-6-7-8-9-10-11-12-13-14-15-16-17-22-26-25(28)29-24-20-18-23(27)19-21-24/h18-21,27H,2-17,22H2,1H3,(H,26,28). The zero-order valence-electron chi connectivity index (χ0n) is 18.6. The van der Waals surface area contributed by atoms with Gasteiger partial charge in [0.25, 0.3) is 5.24 Å². The fourth-order valence-corrected chi connectivity index (χ4v) is 4.18. The number of phenols is 1. The molecule has 0 fully saturated rings. The number of benzene rings is 1. The van der Waals surface area contributed by atoms with Crippen LogP contribution in [0.15, 0.2) is 29.2 Å². The van der Waals surface area contributed by atoms with Crippen molar-refractivity contribution in [3.63, 3.8) is 0 Å². The highest BCUT2D eigenvalue weighted by molar-refractivity contribution is 8.13. The van der Waals surface area contributed by atoms with Crippen molar-refractivity contribution in [2.45, 2.75) is 115 Å². The first-order valence-electron chi connectivity index (χ1n) is 12.0. The van der Waals surface area contributed by atoms with Gasteiger partial charge in [-0.15, -0.1) is 0 Å². The number of rotatable bonds is 18. The Bertz CT molecular complexity index is 504. The van der Waals surface area contributed by atoms with Crippen molar-refractivity contribution in [1.82, 2.24) is 5.32 Å². The lowest BCUT2D eigenvalue weighted by Crippen LogP contribution is -2.19. The molecule has 0 aliphatic rings. The molecule has 0 saturated carbocycles. The van der Waals surface area contributed by atoms with Crippen molar-refractivity contribution >= 4 is 17.0 Å². The lowest BCUT2D eigenvalue weighted by molar-refractivity contribution is 0.260. The molecular weight excluding hydrogens is 378 g/mol. The molecule has 1 rings (SSSR count). The zero-order valence-corrected chi connectivity index (χ0v) is 19.4. The van der Waals surface area contributed by atoms with E-state index in [1.807, 2.05) is 0 Å². The molecule has 0 atom stereocenters. The molecule has 0 aliphatic heterocycles. The van der Waals surface area contributed by atoms with Gasteiger partial charge in [0.1, 0.15) is 5.75 Å². The number of hydrogen-bond donors (Lipinski definition) is 2. The maximum Gasteiger partial charge on any atom is 0.283 e. The fourth-order valence-electron chi connectivity index (χ4n) is 3.52. The van der Waals surface area contributed by atoms with Crippen LogP contribution in [0.2, 0.25) is 0 Å². The summed E-state index contributed by atoms with van der Waals surface area (Å²) in [5, 5.41) is 12.2. The van der Waals surface area contributed by atoms with E-state index in [4.69, 9.17) is 0 Å². The van der Waals surface area contributed by atoms with Crippen LogP contribution in [0.4, 0.5) is 4.79 Å². The number of phenolic OH excluding ortho intramolecular Hbond substituents is 1. The Morgan fingerprint density at radius 1 is 0.724 bits per heavy atom. The predicted molar refractivity (Wildman–Crippen MR) is 127 cm³/mol. The van der Waals surface area contributed by atoms with Crippen LogP contribution >= 0.6 is 11.8 Å². The highest BCUT2D eigenvalue weighted by Crippen LogP contribution is 2.21. The van der Waals surface area contributed by atoms with Gasteiger partial charge in [0.2, 0.25) is 0 Å². The minimum Gasteiger partial charge on any atom is -0.508 e. The van der Waals surface area contributed by atoms with Gasteiger partial charge in [-0.25, -0.2) is 0 Å². The number of hydrogen-bond acceptors (Lipinski definition) is 3. The zero-order chi connectivity index (χ0) is 21.0. The normalized spacial score (nSPS) is 10.9. The maximum atomic E-state index is 11.8. The van der Waals surface area contributed by atoms with Gasteiger partial charge in [0.05, 0.1) is 0 Å². The summed E-state index contributed by atoms with van der Waals surface area (Å²) in [7, 11) is 0. The van der Waals surface area contributed by atoms with Crippen LogP contribution in [-0.2, 0) is 0 Å². The van der Waals surface area contributed by atoms with E-state index in [0.717, 1.165) is 17.9 Å². The highest BCUT2D eigenvalue weighted by atomic mass is 32.2. The van der Waals surface area contributed by atoms with Gasteiger partial charge in [0.15, 0.2) is 0 Å². The van der Waals surface area contributed by atoms with Crippen LogP contribution in [0, 0.1) is 0 Å². The summed E-state index contributed by atoms with van der Waals surface area (Å²) in [6, 6.07) is 6.72. The summed E-state index contributed by atoms with van der Waals surface area (Å²) < 4.78 is 0. The Hall–Kier alpha value is -1.16. The molecule has 1 aromatic rings. The fraction of sp³-hybridized carbons (Fsp3) is 0.720. The van der Waals surface area contributed by atoms with Gasteiger partial charge in [-0.3, -0.25) is 4.79 Å². The summed E-state index contributed by atoms with van der Waals surface area (Å²) in [5.74, 6) is 0.225. The minimum absolute atomic E-state index is 0.0170. The maximum absolute atomic E-state index is 11.8. The topological polar surface area (TPSA) is 49.3 Å². The van der Waals surface area contributed by atoms with E-state index in [1.165, 1.54) is 108 Å². The van der Waals surface area contributed by atoms with Crippen LogP contribution in [0.25, 0.3) is 0 Å². The molecule has 166 valence electrons. The molecule has 0 heterocycles. The lowest BCUT2D eigenvalue weighted by Gasteiger charge is -2.05. The van der Waals surface area contributed by atoms with Gasteiger partial charge >= 0.3 is 0 Å². The van der Waals surface area contributed by atoms with Gasteiger partial charge in [-0.05, 0) is 42.4 Å². The molecule has 0 aromatic heterocycles. The Kier molecular flexibility index (Phi) is 16.8. The number of unbranched alkanes of at least 4 members (excludes halogenated alkanes) is 15. The van der Waals surface area contributed by atoms with Crippen molar-refractivity contribution in [3.8, 4) is 5.75 Å². The van der Waals surface area contributed by atoms with E-state index in [2.05, 4.69) is 12.2 Å². The van der Waals surface area contributed by atoms with E-state index >= 15 is 0 Å². The molecule has 0 bridgehead atoms. The second-order valence-corrected chi connectivity index (χ2v) is 9.16. The number of carbonyl (C=O) groups is 1. The quantitative estimate of drug-likeness (QED) is 0.185. The van der Waals surface area contributed by atoms with Gasteiger partial charge in [0, 0.05) is 11.4 Å². The Labute approximate surface area is 183 Å². The average molecular weight is 422 g/mol. The lowest BCUT2D eigenvalue weighted by atomic mass is 10.0. The predicted octanol–water partition coefficient (Wildman–Crippen LogP) is 8.46. The van der Waals surface area contributed by atoms with Crippen molar-refractivity contribution in [3.05, 3.63) is 24.3 Å². The number of thioether (sulfide) groups is 1. The Morgan fingerprint density at radius 3 is 1.59 bits per heavy atom. The number of carbonyl (C=O) groups excluding carboxylic acids is 1. The largest absolute Gasteiger partial charge is 0.508 e. The smallest absolute Gasteiger partial charge is 0.283 e. The summed E-state index contributed by atoms with van der Waals surface area (Å²) >= 11 is 1.18. The number of aromatic hydroxyl groups is 1. The second kappa shape index (κ2) is 18.8. The third-order valence-electron chi connectivity index (χ3n) is 5.35. The third kappa shape index (κ3) is 16.3. The van der Waals surface area contributed by atoms with Gasteiger partial charge in [-0.1, -0.05) is 103 Å². The molecular formula is C25H43NO2S. The SMILES string of the molecule is CCCCCCCCCCCCCCCCCCNC(=O)Sc1ccc(O)cc1. The van der Waals surface area contributed by atoms with Crippen LogP contribution in [0.3, 0.4) is 0 Å². The first-order valence-corrected chi connectivity index (χ1v) is 12.8. The highest BCUT2D eigenvalue weighted by Gasteiger charge is 2.03. The minimum atomic E-state index is -0.0170. The molecule has 0 unspecified atom stereocenters. The molecule has 0 aliphatic carbocycles. The molecule has 1 amide bonds. The monoisotopic (exact) mass is 421 g/mol. The molecule has 2 N–H and O–H groups in total. The van der Waals surface area contributed by atoms with E-state index in [-0.39, 0.29) is 11.0 Å². The van der Waals surface area contributed by atoms with Crippen LogP contribution in [0.1, 0.15) is 110 Å². The van der Waals surface area contributed by atoms with Crippen LogP contribution < -0.4 is 5.32 Å². The summed E-state index contributed by atoms with van der Waals surface area (Å²) in [6.45, 7) is 3.03. The first-order chi connectivity index (χ1) is 14.2. The molecule has 1 aromatic carbocycles. The molecule has 0 spiro atoms. The van der Waals surface area contributed by atoms with Crippen LogP contribution in [-0.4, -0.2) is 16.9 Å². The molecule has 3 nitrogen and oxygen atoms in total. The van der Waals surface area contributed by atoms with Crippen molar-refractivity contribution < 1.29 is 9.90 Å². The second-order valence-electron chi connectivity index (χ2n) is 8.11. The average Bonchev–Trinajstić information content (AvgIpc) is 2.72. The summed E-state index contributed by atoms with van der Waals surface area (Å²) in [6.07, 6.45) is 21.8. The van der Waals surface area contributed by atoms with Crippen molar-refractivity contribution in [2.24, 2.45) is 0 Å². The number of amides is 1. The molecule has 4 heteroatoms. The van der Waals surface area contributed by atoms with E-state index in [9.17, 15) is 9.90 Å². The van der Waals surface area contributed by atoms with E-state index < -0.39 is 0 Å². The van der Waals surface area contributed by atoms with Crippen molar-refractivity contribution in [1.29, 1.82) is 0 Å². The van der Waals surface area contributed by atoms with Gasteiger partial charge < -0.3 is 10.4 Å². The van der Waals surface area contributed by atoms with E-state index in [1.54, 1.807) is 24.3 Å². The summed E-state index contributed by atoms with van der Waals surface area (Å²) in [5.41, 5.74) is 0. The Balaban J connectivity index is 1.77. The Morgan fingerprint density at radius 2 is 1.14 bits per heavy atom. The third-order valence-corrected chi connectivity index (χ3v) is 6.18. The molecule has 0 saturated heterocycles. The van der Waals surface area contributed by atoms with E-state index in [0.29, 0.717) is 0 Å². The van der Waals surface area contributed by atoms with Gasteiger partial charge in [-0.2, -0.15) is 0 Å². The van der Waals surface area contributed by atoms with Crippen LogP contribution in [0.5, 0.6) is 5.75 Å². The first kappa shape index (κ1) is 25.9. The number of nitrogens with one attached hydrogen (secondary N) is 1.